The van der Waals surface area contributed by atoms with Gasteiger partial charge in [0, 0.05) is 13.6 Å². The van der Waals surface area contributed by atoms with Crippen LogP contribution in [0.15, 0.2) is 42.5 Å². The highest BCUT2D eigenvalue weighted by atomic mass is 16.2. The second kappa shape index (κ2) is 6.27. The minimum absolute atomic E-state index is 0.00251. The Morgan fingerprint density at radius 1 is 1.19 bits per heavy atom. The van der Waals surface area contributed by atoms with Crippen LogP contribution >= 0.6 is 0 Å². The zero-order valence-corrected chi connectivity index (χ0v) is 13.1. The van der Waals surface area contributed by atoms with Gasteiger partial charge in [0.2, 0.25) is 5.91 Å². The quantitative estimate of drug-likeness (QED) is 0.915. The second-order valence-electron chi connectivity index (χ2n) is 5.97. The van der Waals surface area contributed by atoms with Gasteiger partial charge in [0.25, 0.3) is 0 Å². The average molecular weight is 284 g/mol. The van der Waals surface area contributed by atoms with Crippen LogP contribution in [0.25, 0.3) is 10.8 Å². The van der Waals surface area contributed by atoms with Gasteiger partial charge < -0.3 is 10.6 Å². The zero-order chi connectivity index (χ0) is 15.5. The summed E-state index contributed by atoms with van der Waals surface area (Å²) in [5.74, 6) is -0.00251. The van der Waals surface area contributed by atoms with E-state index in [-0.39, 0.29) is 5.91 Å². The summed E-state index contributed by atoms with van der Waals surface area (Å²) < 4.78 is 0. The molecule has 1 atom stereocenters. The number of carbonyl (C=O) groups is 1. The highest BCUT2D eigenvalue weighted by molar-refractivity contribution is 5.88. The fourth-order valence-corrected chi connectivity index (χ4v) is 2.82. The molecule has 0 spiro atoms. The number of nitrogens with two attached hydrogens (primary N) is 1. The number of likely N-dealkylation sites (N-methyl/N-ethyl adjacent to an activating group) is 1. The van der Waals surface area contributed by atoms with Gasteiger partial charge in [-0.1, -0.05) is 55.8 Å². The van der Waals surface area contributed by atoms with E-state index < -0.39 is 5.54 Å². The lowest BCUT2D eigenvalue weighted by atomic mass is 9.95. The molecule has 2 aromatic rings. The maximum atomic E-state index is 12.5. The molecule has 0 heterocycles. The van der Waals surface area contributed by atoms with E-state index in [2.05, 4.69) is 24.3 Å². The van der Waals surface area contributed by atoms with E-state index in [9.17, 15) is 4.79 Å². The zero-order valence-electron chi connectivity index (χ0n) is 13.1. The van der Waals surface area contributed by atoms with Gasteiger partial charge in [-0.3, -0.25) is 4.79 Å². The largest absolute Gasteiger partial charge is 0.340 e. The maximum Gasteiger partial charge on any atom is 0.242 e. The molecule has 0 aliphatic heterocycles. The summed E-state index contributed by atoms with van der Waals surface area (Å²) in [6.45, 7) is 4.44. The molecular formula is C18H24N2O. The molecule has 3 heteroatoms. The Morgan fingerprint density at radius 3 is 2.57 bits per heavy atom. The van der Waals surface area contributed by atoms with Crippen LogP contribution in [0.2, 0.25) is 0 Å². The number of fused-ring (bicyclic) bond motifs is 1. The van der Waals surface area contributed by atoms with E-state index in [0.717, 1.165) is 12.0 Å². The van der Waals surface area contributed by atoms with Crippen LogP contribution in [-0.4, -0.2) is 23.4 Å². The molecule has 112 valence electrons. The number of amides is 1. The average Bonchev–Trinajstić information content (AvgIpc) is 2.46. The maximum absolute atomic E-state index is 12.5. The van der Waals surface area contributed by atoms with Crippen molar-refractivity contribution in [2.75, 3.05) is 7.05 Å². The fraction of sp³-hybridized carbons (Fsp3) is 0.389. The Morgan fingerprint density at radius 2 is 1.86 bits per heavy atom. The summed E-state index contributed by atoms with van der Waals surface area (Å²) in [6, 6.07) is 14.4. The molecule has 21 heavy (non-hydrogen) atoms. The number of carbonyl (C=O) groups excluding carboxylic acids is 1. The van der Waals surface area contributed by atoms with Crippen LogP contribution in [0, 0.1) is 0 Å². The van der Waals surface area contributed by atoms with Gasteiger partial charge in [-0.25, -0.2) is 0 Å². The number of hydrogen-bond donors (Lipinski definition) is 1. The van der Waals surface area contributed by atoms with E-state index in [0.29, 0.717) is 13.0 Å². The van der Waals surface area contributed by atoms with Crippen molar-refractivity contribution in [3.05, 3.63) is 48.0 Å². The first-order valence-electron chi connectivity index (χ1n) is 7.47. The van der Waals surface area contributed by atoms with Crippen molar-refractivity contribution in [3.8, 4) is 0 Å². The normalized spacial score (nSPS) is 13.9. The van der Waals surface area contributed by atoms with Gasteiger partial charge >= 0.3 is 0 Å². The number of hydrogen-bond acceptors (Lipinski definition) is 2. The summed E-state index contributed by atoms with van der Waals surface area (Å²) in [5, 5.41) is 2.38. The lowest BCUT2D eigenvalue weighted by Crippen LogP contribution is -2.51. The van der Waals surface area contributed by atoms with Crippen LogP contribution in [0.5, 0.6) is 0 Å². The molecule has 0 saturated heterocycles. The first kappa shape index (κ1) is 15.5. The molecular weight excluding hydrogens is 260 g/mol. The predicted molar refractivity (Wildman–Crippen MR) is 87.9 cm³/mol. The van der Waals surface area contributed by atoms with Gasteiger partial charge in [0.15, 0.2) is 0 Å². The Kier molecular flexibility index (Phi) is 4.63. The molecule has 2 N–H and O–H groups in total. The SMILES string of the molecule is CCCC(C)(N)C(=O)N(C)Cc1cccc2ccccc12. The molecule has 0 radical (unpaired) electrons. The van der Waals surface area contributed by atoms with Crippen molar-refractivity contribution >= 4 is 16.7 Å². The third-order valence-corrected chi connectivity index (χ3v) is 3.89. The van der Waals surface area contributed by atoms with E-state index in [4.69, 9.17) is 5.73 Å². The van der Waals surface area contributed by atoms with Crippen molar-refractivity contribution in [2.45, 2.75) is 38.8 Å². The van der Waals surface area contributed by atoms with Gasteiger partial charge in [-0.2, -0.15) is 0 Å². The van der Waals surface area contributed by atoms with Crippen LogP contribution in [0.1, 0.15) is 32.3 Å². The van der Waals surface area contributed by atoms with Crippen LogP contribution in [0.3, 0.4) is 0 Å². The molecule has 0 bridgehead atoms. The number of nitrogens with zero attached hydrogens (tertiary/aromatic N) is 1. The standard InChI is InChI=1S/C18H24N2O/c1-4-12-18(2,19)17(21)20(3)13-15-10-7-9-14-8-5-6-11-16(14)15/h5-11H,4,12-13,19H2,1-3H3. The molecule has 2 rings (SSSR count). The summed E-state index contributed by atoms with van der Waals surface area (Å²) >= 11 is 0. The summed E-state index contributed by atoms with van der Waals surface area (Å²) in [7, 11) is 1.82. The first-order valence-corrected chi connectivity index (χ1v) is 7.47. The molecule has 0 aromatic heterocycles. The number of benzene rings is 2. The predicted octanol–water partition coefficient (Wildman–Crippen LogP) is 3.32. The molecule has 2 aromatic carbocycles. The van der Waals surface area contributed by atoms with Crippen molar-refractivity contribution in [3.63, 3.8) is 0 Å². The van der Waals surface area contributed by atoms with Gasteiger partial charge in [0.05, 0.1) is 5.54 Å². The second-order valence-corrected chi connectivity index (χ2v) is 5.97. The smallest absolute Gasteiger partial charge is 0.242 e. The van der Waals surface area contributed by atoms with Crippen LogP contribution < -0.4 is 5.73 Å². The molecule has 3 nitrogen and oxygen atoms in total. The Hall–Kier alpha value is -1.87. The molecule has 0 aliphatic rings. The van der Waals surface area contributed by atoms with Crippen molar-refractivity contribution in [1.29, 1.82) is 0 Å². The lowest BCUT2D eigenvalue weighted by Gasteiger charge is -2.29. The monoisotopic (exact) mass is 284 g/mol. The summed E-state index contributed by atoms with van der Waals surface area (Å²) in [5.41, 5.74) is 6.51. The fourth-order valence-electron chi connectivity index (χ4n) is 2.82. The third-order valence-electron chi connectivity index (χ3n) is 3.89. The summed E-state index contributed by atoms with van der Waals surface area (Å²) in [4.78, 5) is 14.2. The lowest BCUT2D eigenvalue weighted by molar-refractivity contribution is -0.135. The van der Waals surface area contributed by atoms with Gasteiger partial charge in [0.1, 0.15) is 0 Å². The molecule has 0 aliphatic carbocycles. The van der Waals surface area contributed by atoms with Crippen LogP contribution in [0.4, 0.5) is 0 Å². The summed E-state index contributed by atoms with van der Waals surface area (Å²) in [6.07, 6.45) is 1.60. The van der Waals surface area contributed by atoms with Crippen molar-refractivity contribution < 1.29 is 4.79 Å². The van der Waals surface area contributed by atoms with Crippen molar-refractivity contribution in [1.82, 2.24) is 4.90 Å². The van der Waals surface area contributed by atoms with E-state index >= 15 is 0 Å². The minimum atomic E-state index is -0.784. The van der Waals surface area contributed by atoms with E-state index in [1.54, 1.807) is 4.90 Å². The third kappa shape index (κ3) is 3.42. The topological polar surface area (TPSA) is 46.3 Å². The van der Waals surface area contributed by atoms with Crippen LogP contribution in [-0.2, 0) is 11.3 Å². The highest BCUT2D eigenvalue weighted by Gasteiger charge is 2.30. The van der Waals surface area contributed by atoms with Crippen molar-refractivity contribution in [2.24, 2.45) is 5.73 Å². The van der Waals surface area contributed by atoms with E-state index in [1.807, 2.05) is 39.1 Å². The molecule has 1 amide bonds. The molecule has 0 fully saturated rings. The van der Waals surface area contributed by atoms with Gasteiger partial charge in [-0.15, -0.1) is 0 Å². The Bertz CT molecular complexity index is 629. The first-order chi connectivity index (χ1) is 9.95. The minimum Gasteiger partial charge on any atom is -0.340 e. The van der Waals surface area contributed by atoms with Gasteiger partial charge in [-0.05, 0) is 29.7 Å². The highest BCUT2D eigenvalue weighted by Crippen LogP contribution is 2.21. The molecule has 1 unspecified atom stereocenters. The Labute approximate surface area is 126 Å². The van der Waals surface area contributed by atoms with E-state index in [1.165, 1.54) is 10.8 Å². The Balaban J connectivity index is 2.22. The number of rotatable bonds is 5. The molecule has 0 saturated carbocycles.